The van der Waals surface area contributed by atoms with Crippen LogP contribution >= 0.6 is 0 Å². The summed E-state index contributed by atoms with van der Waals surface area (Å²) < 4.78 is 34.0. The Bertz CT molecular complexity index is 1340. The second-order valence-corrected chi connectivity index (χ2v) is 18.3. The summed E-state index contributed by atoms with van der Waals surface area (Å²) in [5.74, 6) is -0.291. The van der Waals surface area contributed by atoms with Crippen molar-refractivity contribution in [2.24, 2.45) is 0 Å². The number of aliphatic hydroxyl groups excluding tert-OH is 11. The molecule has 3 fully saturated rings. The van der Waals surface area contributed by atoms with E-state index in [1.165, 1.54) is 51.4 Å². The Labute approximate surface area is 397 Å². The van der Waals surface area contributed by atoms with Crippen LogP contribution in [-0.4, -0.2) is 193 Å². The van der Waals surface area contributed by atoms with Crippen molar-refractivity contribution in [3.63, 3.8) is 0 Å². The van der Waals surface area contributed by atoms with Gasteiger partial charge >= 0.3 is 0 Å². The molecule has 0 aromatic heterocycles. The molecule has 1 amide bonds. The molecule has 19 heteroatoms. The smallest absolute Gasteiger partial charge is 0.220 e. The van der Waals surface area contributed by atoms with Gasteiger partial charge in [0.15, 0.2) is 18.9 Å². The minimum absolute atomic E-state index is 0.233. The fourth-order valence-corrected chi connectivity index (χ4v) is 8.46. The lowest BCUT2D eigenvalue weighted by molar-refractivity contribution is -0.379. The average molecular weight is 966 g/mol. The van der Waals surface area contributed by atoms with Crippen LogP contribution in [0.3, 0.4) is 0 Å². The number of hydrogen-bond donors (Lipinski definition) is 12. The minimum atomic E-state index is -1.97. The van der Waals surface area contributed by atoms with Crippen LogP contribution in [0.15, 0.2) is 24.3 Å². The number of carbonyl (C=O) groups excluding carboxylic acids is 1. The van der Waals surface area contributed by atoms with Gasteiger partial charge in [-0.1, -0.05) is 122 Å². The molecule has 0 aliphatic carbocycles. The Morgan fingerprint density at radius 2 is 0.955 bits per heavy atom. The van der Waals surface area contributed by atoms with Crippen molar-refractivity contribution >= 4 is 5.91 Å². The van der Waals surface area contributed by atoms with Crippen molar-refractivity contribution in [1.29, 1.82) is 0 Å². The molecule has 3 aliphatic rings. The van der Waals surface area contributed by atoms with E-state index in [0.717, 1.165) is 64.2 Å². The van der Waals surface area contributed by atoms with E-state index in [1.807, 2.05) is 6.08 Å². The molecular formula is C48H87NO18. The highest BCUT2D eigenvalue weighted by Gasteiger charge is 2.53. The van der Waals surface area contributed by atoms with Gasteiger partial charge in [0.2, 0.25) is 5.91 Å². The highest BCUT2D eigenvalue weighted by Crippen LogP contribution is 2.33. The normalized spacial score (nSPS) is 33.7. The van der Waals surface area contributed by atoms with Gasteiger partial charge in [-0.3, -0.25) is 4.79 Å². The van der Waals surface area contributed by atoms with Crippen LogP contribution in [0.1, 0.15) is 142 Å². The van der Waals surface area contributed by atoms with E-state index in [-0.39, 0.29) is 18.9 Å². The second kappa shape index (κ2) is 33.8. The lowest BCUT2D eigenvalue weighted by Gasteiger charge is -2.48. The summed E-state index contributed by atoms with van der Waals surface area (Å²) in [5, 5.41) is 119. The molecule has 3 heterocycles. The van der Waals surface area contributed by atoms with Crippen LogP contribution in [-0.2, 0) is 33.2 Å². The summed E-state index contributed by atoms with van der Waals surface area (Å²) in [6.07, 6.45) is 1.96. The van der Waals surface area contributed by atoms with E-state index in [4.69, 9.17) is 28.4 Å². The first kappa shape index (κ1) is 59.6. The van der Waals surface area contributed by atoms with E-state index in [9.17, 15) is 61.0 Å². The molecule has 19 nitrogen and oxygen atoms in total. The number of aliphatic hydroxyl groups is 11. The van der Waals surface area contributed by atoms with Crippen molar-refractivity contribution in [3.05, 3.63) is 24.3 Å². The summed E-state index contributed by atoms with van der Waals surface area (Å²) in [6, 6.07) is -0.971. The molecule has 12 N–H and O–H groups in total. The summed E-state index contributed by atoms with van der Waals surface area (Å²) >= 11 is 0. The topological polar surface area (TPSA) is 307 Å². The third kappa shape index (κ3) is 20.1. The Morgan fingerprint density at radius 3 is 1.49 bits per heavy atom. The van der Waals surface area contributed by atoms with E-state index in [0.29, 0.717) is 6.42 Å². The molecule has 67 heavy (non-hydrogen) atoms. The van der Waals surface area contributed by atoms with E-state index < -0.39 is 124 Å². The number of nitrogens with one attached hydrogen (secondary N) is 1. The zero-order valence-corrected chi connectivity index (χ0v) is 39.9. The van der Waals surface area contributed by atoms with E-state index in [2.05, 4.69) is 31.3 Å². The van der Waals surface area contributed by atoms with Crippen molar-refractivity contribution in [3.8, 4) is 0 Å². The van der Waals surface area contributed by atoms with Crippen LogP contribution in [0.5, 0.6) is 0 Å². The maximum absolute atomic E-state index is 13.2. The van der Waals surface area contributed by atoms with Gasteiger partial charge in [-0.2, -0.15) is 0 Å². The molecule has 0 saturated carbocycles. The molecule has 0 aromatic carbocycles. The molecule has 3 saturated heterocycles. The Hall–Kier alpha value is -1.73. The number of unbranched alkanes of at least 4 members (excludes halogenated alkanes) is 16. The van der Waals surface area contributed by atoms with Crippen LogP contribution in [0.25, 0.3) is 0 Å². The van der Waals surface area contributed by atoms with Crippen molar-refractivity contribution in [2.45, 2.75) is 247 Å². The molecule has 0 spiro atoms. The quantitative estimate of drug-likeness (QED) is 0.0319. The number of carbonyl (C=O) groups is 1. The number of ether oxygens (including phenoxy) is 6. The van der Waals surface area contributed by atoms with Crippen LogP contribution in [0.2, 0.25) is 0 Å². The van der Waals surface area contributed by atoms with Crippen molar-refractivity contribution in [2.75, 3.05) is 26.4 Å². The Balaban J connectivity index is 1.58. The van der Waals surface area contributed by atoms with Crippen molar-refractivity contribution in [1.82, 2.24) is 5.32 Å². The largest absolute Gasteiger partial charge is 0.394 e. The van der Waals surface area contributed by atoms with E-state index in [1.54, 1.807) is 6.08 Å². The molecule has 17 atom stereocenters. The third-order valence-electron chi connectivity index (χ3n) is 12.7. The summed E-state index contributed by atoms with van der Waals surface area (Å²) in [5.41, 5.74) is 0. The van der Waals surface area contributed by atoms with E-state index >= 15 is 0 Å². The molecule has 3 aliphatic heterocycles. The lowest BCUT2D eigenvalue weighted by Crippen LogP contribution is -2.66. The first-order valence-electron chi connectivity index (χ1n) is 25.1. The number of allylic oxidation sites excluding steroid dienone is 3. The standard InChI is InChI=1S/C48H87NO18/c1-3-5-7-9-11-13-15-17-19-21-23-25-32(53)31(49-36(54)26-24-22-20-18-16-14-12-10-8-6-4-2)30-62-46-42(60)39(57)44(34(28-51)64-46)67-48-43(61)40(58)45(35(29-52)65-48)66-47-41(59)38(56)37(55)33(27-50)63-47/h10,12,23,25,31-35,37-48,50-53,55-61H,3-9,11,13-22,24,26-30H2,1-2H3,(H,49,54)/b12-10-,25-23+. The fraction of sp³-hybridized carbons (Fsp3) is 0.896. The zero-order valence-electron chi connectivity index (χ0n) is 39.9. The third-order valence-corrected chi connectivity index (χ3v) is 12.7. The van der Waals surface area contributed by atoms with Crippen LogP contribution in [0, 0.1) is 0 Å². The van der Waals surface area contributed by atoms with Gasteiger partial charge in [0.25, 0.3) is 0 Å². The zero-order chi connectivity index (χ0) is 49.1. The summed E-state index contributed by atoms with van der Waals surface area (Å²) in [7, 11) is 0. The Kier molecular flexibility index (Phi) is 30.0. The molecule has 0 radical (unpaired) electrons. The number of amides is 1. The monoisotopic (exact) mass is 966 g/mol. The molecule has 0 bridgehead atoms. The maximum atomic E-state index is 13.2. The first-order valence-corrected chi connectivity index (χ1v) is 25.1. The average Bonchev–Trinajstić information content (AvgIpc) is 3.32. The highest BCUT2D eigenvalue weighted by atomic mass is 16.8. The van der Waals surface area contributed by atoms with Crippen molar-refractivity contribution < 1.29 is 89.4 Å². The number of hydrogen-bond acceptors (Lipinski definition) is 18. The second-order valence-electron chi connectivity index (χ2n) is 18.3. The minimum Gasteiger partial charge on any atom is -0.394 e. The van der Waals surface area contributed by atoms with Gasteiger partial charge in [-0.05, 0) is 38.5 Å². The summed E-state index contributed by atoms with van der Waals surface area (Å²) in [6.45, 7) is 1.60. The Morgan fingerprint density at radius 1 is 0.522 bits per heavy atom. The van der Waals surface area contributed by atoms with Gasteiger partial charge in [0, 0.05) is 6.42 Å². The predicted octanol–water partition coefficient (Wildman–Crippen LogP) is 1.25. The molecule has 3 rings (SSSR count). The highest BCUT2D eigenvalue weighted by molar-refractivity contribution is 5.76. The first-order chi connectivity index (χ1) is 32.3. The molecule has 392 valence electrons. The van der Waals surface area contributed by atoms with Gasteiger partial charge in [-0.15, -0.1) is 0 Å². The van der Waals surface area contributed by atoms with Gasteiger partial charge in [0.05, 0.1) is 38.6 Å². The lowest BCUT2D eigenvalue weighted by atomic mass is 9.96. The van der Waals surface area contributed by atoms with Crippen LogP contribution in [0.4, 0.5) is 0 Å². The SMILES string of the molecule is CCCC/C=C\CCCCCCCC(=O)NC(COC1OC(CO)C(OC2OC(CO)C(OC3OC(CO)C(O)C(O)C3O)C(O)C2O)C(O)C1O)C(O)/C=C/CCCCCCCCCCC. The maximum Gasteiger partial charge on any atom is 0.220 e. The predicted molar refractivity (Wildman–Crippen MR) is 245 cm³/mol. The summed E-state index contributed by atoms with van der Waals surface area (Å²) in [4.78, 5) is 13.2. The van der Waals surface area contributed by atoms with Gasteiger partial charge in [0.1, 0.15) is 73.2 Å². The van der Waals surface area contributed by atoms with Gasteiger partial charge in [-0.25, -0.2) is 0 Å². The van der Waals surface area contributed by atoms with Gasteiger partial charge < -0.3 is 89.9 Å². The van der Waals surface area contributed by atoms with Crippen LogP contribution < -0.4 is 5.32 Å². The molecule has 17 unspecified atom stereocenters. The molecule has 0 aromatic rings. The molecular weight excluding hydrogens is 879 g/mol. The fourth-order valence-electron chi connectivity index (χ4n) is 8.46. The number of rotatable bonds is 34.